The van der Waals surface area contributed by atoms with E-state index in [4.69, 9.17) is 20.9 Å². The third-order valence-corrected chi connectivity index (χ3v) is 4.11. The predicted octanol–water partition coefficient (Wildman–Crippen LogP) is 3.55. The Labute approximate surface area is 139 Å². The summed E-state index contributed by atoms with van der Waals surface area (Å²) in [5.41, 5.74) is 2.30. The lowest BCUT2D eigenvalue weighted by atomic mass is 10.1. The smallest absolute Gasteiger partial charge is 0.322 e. The fourth-order valence-electron chi connectivity index (χ4n) is 2.56. The molecule has 1 aliphatic heterocycles. The lowest BCUT2D eigenvalue weighted by Crippen LogP contribution is -2.44. The van der Waals surface area contributed by atoms with Gasteiger partial charge >= 0.3 is 6.03 Å². The number of aryl methyl sites for hydroxylation is 2. The minimum atomic E-state index is -0.179. The van der Waals surface area contributed by atoms with Gasteiger partial charge in [0.2, 0.25) is 0 Å². The number of nitrogens with one attached hydrogen (secondary N) is 1. The first-order chi connectivity index (χ1) is 11.0. The second kappa shape index (κ2) is 6.60. The first-order valence-corrected chi connectivity index (χ1v) is 7.78. The van der Waals surface area contributed by atoms with Crippen molar-refractivity contribution in [1.82, 2.24) is 10.1 Å². The molecular weight excluding hydrogens is 318 g/mol. The zero-order chi connectivity index (χ0) is 16.4. The van der Waals surface area contributed by atoms with Crippen molar-refractivity contribution in [1.29, 1.82) is 0 Å². The number of aromatic nitrogens is 1. The maximum Gasteiger partial charge on any atom is 0.322 e. The quantitative estimate of drug-likeness (QED) is 0.911. The Hall–Kier alpha value is -2.05. The van der Waals surface area contributed by atoms with Crippen molar-refractivity contribution in [2.24, 2.45) is 0 Å². The molecule has 1 N–H and O–H groups in total. The second-order valence-corrected chi connectivity index (χ2v) is 5.92. The Bertz CT molecular complexity index is 680. The van der Waals surface area contributed by atoms with Gasteiger partial charge in [0, 0.05) is 11.6 Å². The van der Waals surface area contributed by atoms with Crippen molar-refractivity contribution < 1.29 is 14.1 Å². The first-order valence-electron chi connectivity index (χ1n) is 7.40. The van der Waals surface area contributed by atoms with Crippen LogP contribution in [0.5, 0.6) is 0 Å². The number of hydrogen-bond acceptors (Lipinski definition) is 4. The van der Waals surface area contributed by atoms with E-state index in [-0.39, 0.29) is 12.1 Å². The molecule has 1 fully saturated rings. The molecule has 2 heterocycles. The second-order valence-electron chi connectivity index (χ2n) is 5.49. The zero-order valence-corrected chi connectivity index (χ0v) is 13.8. The van der Waals surface area contributed by atoms with E-state index in [2.05, 4.69) is 10.5 Å². The average molecular weight is 336 g/mol. The molecule has 1 atom stereocenters. The summed E-state index contributed by atoms with van der Waals surface area (Å²) in [4.78, 5) is 14.2. The van der Waals surface area contributed by atoms with Crippen LogP contribution in [-0.2, 0) is 4.74 Å². The molecule has 1 aromatic heterocycles. The van der Waals surface area contributed by atoms with Crippen LogP contribution in [0.2, 0.25) is 5.02 Å². The fourth-order valence-corrected chi connectivity index (χ4v) is 2.69. The molecule has 2 amide bonds. The number of carbonyl (C=O) groups is 1. The number of morpholine rings is 1. The molecule has 0 spiro atoms. The van der Waals surface area contributed by atoms with E-state index in [1.165, 1.54) is 0 Å². The standard InChI is InChI=1S/C16H18ClN3O3/c1-10-15(11(2)23-19-10)18-16(21)20-7-8-22-14(9-20)12-3-5-13(17)6-4-12/h3-6,14H,7-9H2,1-2H3,(H,18,21)/t14-/m0/s1. The molecule has 1 aliphatic rings. The third kappa shape index (κ3) is 3.48. The van der Waals surface area contributed by atoms with Gasteiger partial charge in [-0.2, -0.15) is 0 Å². The number of ether oxygens (including phenoxy) is 1. The number of hydrogen-bond donors (Lipinski definition) is 1. The van der Waals surface area contributed by atoms with Crippen molar-refractivity contribution >= 4 is 23.3 Å². The summed E-state index contributed by atoms with van der Waals surface area (Å²) < 4.78 is 10.8. The van der Waals surface area contributed by atoms with Crippen LogP contribution in [-0.4, -0.2) is 35.8 Å². The largest absolute Gasteiger partial charge is 0.370 e. The van der Waals surface area contributed by atoms with Crippen molar-refractivity contribution in [2.45, 2.75) is 20.0 Å². The van der Waals surface area contributed by atoms with Crippen molar-refractivity contribution in [3.8, 4) is 0 Å². The monoisotopic (exact) mass is 335 g/mol. The van der Waals surface area contributed by atoms with Crippen LogP contribution in [0.25, 0.3) is 0 Å². The average Bonchev–Trinajstić information content (AvgIpc) is 2.87. The van der Waals surface area contributed by atoms with Crippen LogP contribution in [0.3, 0.4) is 0 Å². The van der Waals surface area contributed by atoms with Gasteiger partial charge in [-0.15, -0.1) is 0 Å². The minimum Gasteiger partial charge on any atom is -0.370 e. The number of halogens is 1. The van der Waals surface area contributed by atoms with Gasteiger partial charge < -0.3 is 19.5 Å². The highest BCUT2D eigenvalue weighted by atomic mass is 35.5. The van der Waals surface area contributed by atoms with Crippen LogP contribution in [0.4, 0.5) is 10.5 Å². The van der Waals surface area contributed by atoms with Gasteiger partial charge in [0.15, 0.2) is 5.76 Å². The Balaban J connectivity index is 1.68. The molecule has 2 aromatic rings. The SMILES string of the molecule is Cc1noc(C)c1NC(=O)N1CCO[C@H](c2ccc(Cl)cc2)C1. The molecule has 6 nitrogen and oxygen atoms in total. The van der Waals surface area contributed by atoms with E-state index in [0.29, 0.717) is 41.9 Å². The highest BCUT2D eigenvalue weighted by Crippen LogP contribution is 2.25. The number of amides is 2. The molecular formula is C16H18ClN3O3. The van der Waals surface area contributed by atoms with Crippen LogP contribution < -0.4 is 5.32 Å². The van der Waals surface area contributed by atoms with Gasteiger partial charge in [-0.05, 0) is 31.5 Å². The fraction of sp³-hybridized carbons (Fsp3) is 0.375. The van der Waals surface area contributed by atoms with Gasteiger partial charge in [0.25, 0.3) is 0 Å². The summed E-state index contributed by atoms with van der Waals surface area (Å²) in [6, 6.07) is 7.30. The topological polar surface area (TPSA) is 67.6 Å². The number of carbonyl (C=O) groups excluding carboxylic acids is 1. The van der Waals surface area contributed by atoms with Crippen LogP contribution >= 0.6 is 11.6 Å². The van der Waals surface area contributed by atoms with Gasteiger partial charge in [-0.3, -0.25) is 0 Å². The van der Waals surface area contributed by atoms with E-state index < -0.39 is 0 Å². The Morgan fingerprint density at radius 2 is 2.09 bits per heavy atom. The highest BCUT2D eigenvalue weighted by molar-refractivity contribution is 6.30. The Kier molecular flexibility index (Phi) is 4.54. The predicted molar refractivity (Wildman–Crippen MR) is 86.7 cm³/mol. The van der Waals surface area contributed by atoms with E-state index in [9.17, 15) is 4.79 Å². The van der Waals surface area contributed by atoms with E-state index in [1.54, 1.807) is 18.7 Å². The molecule has 0 aliphatic carbocycles. The lowest BCUT2D eigenvalue weighted by molar-refractivity contribution is -0.0135. The van der Waals surface area contributed by atoms with Crippen LogP contribution in [0.1, 0.15) is 23.1 Å². The molecule has 0 saturated carbocycles. The van der Waals surface area contributed by atoms with Crippen molar-refractivity contribution in [3.05, 3.63) is 46.3 Å². The molecule has 23 heavy (non-hydrogen) atoms. The zero-order valence-electron chi connectivity index (χ0n) is 13.0. The number of nitrogens with zero attached hydrogens (tertiary/aromatic N) is 2. The molecule has 1 aromatic carbocycles. The number of urea groups is 1. The summed E-state index contributed by atoms with van der Waals surface area (Å²) >= 11 is 5.91. The van der Waals surface area contributed by atoms with Crippen molar-refractivity contribution in [2.75, 3.05) is 25.0 Å². The Morgan fingerprint density at radius 1 is 1.35 bits per heavy atom. The molecule has 0 unspecified atom stereocenters. The van der Waals surface area contributed by atoms with Gasteiger partial charge in [-0.1, -0.05) is 28.9 Å². The minimum absolute atomic E-state index is 0.156. The van der Waals surface area contributed by atoms with Crippen LogP contribution in [0, 0.1) is 13.8 Å². The molecule has 0 bridgehead atoms. The molecule has 1 saturated heterocycles. The molecule has 3 rings (SSSR count). The number of rotatable bonds is 2. The Morgan fingerprint density at radius 3 is 2.74 bits per heavy atom. The van der Waals surface area contributed by atoms with Gasteiger partial charge in [0.05, 0.1) is 13.2 Å². The summed E-state index contributed by atoms with van der Waals surface area (Å²) in [5.74, 6) is 0.596. The van der Waals surface area contributed by atoms with Gasteiger partial charge in [-0.25, -0.2) is 4.79 Å². The van der Waals surface area contributed by atoms with Gasteiger partial charge in [0.1, 0.15) is 17.5 Å². The van der Waals surface area contributed by atoms with Crippen molar-refractivity contribution in [3.63, 3.8) is 0 Å². The van der Waals surface area contributed by atoms with E-state index in [1.807, 2.05) is 24.3 Å². The normalized spacial score (nSPS) is 18.0. The van der Waals surface area contributed by atoms with E-state index >= 15 is 0 Å². The third-order valence-electron chi connectivity index (χ3n) is 3.86. The molecule has 122 valence electrons. The number of anilines is 1. The lowest BCUT2D eigenvalue weighted by Gasteiger charge is -2.33. The van der Waals surface area contributed by atoms with E-state index in [0.717, 1.165) is 5.56 Å². The van der Waals surface area contributed by atoms with Crippen LogP contribution in [0.15, 0.2) is 28.8 Å². The summed E-state index contributed by atoms with van der Waals surface area (Å²) in [6.07, 6.45) is -0.156. The summed E-state index contributed by atoms with van der Waals surface area (Å²) in [6.45, 7) is 5.08. The first kappa shape index (κ1) is 15.8. The highest BCUT2D eigenvalue weighted by Gasteiger charge is 2.26. The maximum absolute atomic E-state index is 12.5. The summed E-state index contributed by atoms with van der Waals surface area (Å²) in [7, 11) is 0. The molecule has 7 heteroatoms. The number of benzene rings is 1. The maximum atomic E-state index is 12.5. The summed E-state index contributed by atoms with van der Waals surface area (Å²) in [5, 5.41) is 7.38. The molecule has 0 radical (unpaired) electrons.